The molecular weight excluding hydrogens is 513 g/mol. The normalized spacial score (nSPS) is 14.2. The van der Waals surface area contributed by atoms with E-state index in [0.717, 1.165) is 28.1 Å². The molecule has 1 fully saturated rings. The first-order chi connectivity index (χ1) is 19.3. The summed E-state index contributed by atoms with van der Waals surface area (Å²) in [5, 5.41) is 4.21. The van der Waals surface area contributed by atoms with Crippen LogP contribution in [0, 0.1) is 5.82 Å². The lowest BCUT2D eigenvalue weighted by molar-refractivity contribution is 0.123. The predicted octanol–water partition coefficient (Wildman–Crippen LogP) is 2.99. The highest BCUT2D eigenvalue weighted by Crippen LogP contribution is 2.36. The van der Waals surface area contributed by atoms with Crippen molar-refractivity contribution < 1.29 is 9.13 Å². The third-order valence-electron chi connectivity index (χ3n) is 7.74. The number of rotatable bonds is 4. The molecule has 6 aromatic rings. The van der Waals surface area contributed by atoms with E-state index < -0.39 is 0 Å². The fourth-order valence-electron chi connectivity index (χ4n) is 5.67. The van der Waals surface area contributed by atoms with Crippen LogP contribution in [-0.4, -0.2) is 64.3 Å². The number of anilines is 1. The highest BCUT2D eigenvalue weighted by molar-refractivity contribution is 5.94. The third kappa shape index (κ3) is 3.59. The number of hydrogen-bond acceptors (Lipinski definition) is 6. The summed E-state index contributed by atoms with van der Waals surface area (Å²) in [5.74, 6) is 0.241. The minimum absolute atomic E-state index is 0.115. The lowest BCUT2D eigenvalue weighted by Crippen LogP contribution is -2.36. The van der Waals surface area contributed by atoms with E-state index in [2.05, 4.69) is 21.0 Å². The molecule has 0 spiro atoms. The van der Waals surface area contributed by atoms with Gasteiger partial charge in [0, 0.05) is 64.7 Å². The van der Waals surface area contributed by atoms with Gasteiger partial charge < -0.3 is 14.2 Å². The summed E-state index contributed by atoms with van der Waals surface area (Å²) in [6.45, 7) is 2.60. The first kappa shape index (κ1) is 24.3. The van der Waals surface area contributed by atoms with Crippen LogP contribution >= 0.6 is 0 Å². The van der Waals surface area contributed by atoms with Crippen molar-refractivity contribution in [3.05, 3.63) is 65.5 Å². The second-order valence-corrected chi connectivity index (χ2v) is 10.2. The molecule has 2 aromatic carbocycles. The summed E-state index contributed by atoms with van der Waals surface area (Å²) < 4.78 is 30.1. The van der Waals surface area contributed by atoms with Crippen LogP contribution in [0.2, 0.25) is 0 Å². The van der Waals surface area contributed by atoms with Crippen LogP contribution in [0.3, 0.4) is 0 Å². The van der Waals surface area contributed by atoms with Gasteiger partial charge in [0.15, 0.2) is 5.82 Å². The molecule has 1 aliphatic heterocycles. The van der Waals surface area contributed by atoms with Crippen molar-refractivity contribution in [1.29, 1.82) is 0 Å². The highest BCUT2D eigenvalue weighted by Gasteiger charge is 2.24. The van der Waals surface area contributed by atoms with Crippen molar-refractivity contribution >= 4 is 27.8 Å². The second kappa shape index (κ2) is 8.91. The van der Waals surface area contributed by atoms with E-state index in [1.807, 2.05) is 22.2 Å². The predicted molar refractivity (Wildman–Crippen MR) is 150 cm³/mol. The SMILES string of the molecule is Cn1cc(-c2cc3nc(-c4cncn4C)n(-c4cc(N5CCOCC5)c5c(c4)n(C)c(=O)n5C)c3cc2F)cn1. The fourth-order valence-corrected chi connectivity index (χ4v) is 5.67. The summed E-state index contributed by atoms with van der Waals surface area (Å²) in [6.07, 6.45) is 6.88. The second-order valence-electron chi connectivity index (χ2n) is 10.2. The smallest absolute Gasteiger partial charge is 0.328 e. The number of halogens is 1. The largest absolute Gasteiger partial charge is 0.378 e. The number of benzene rings is 2. The average Bonchev–Trinajstić information content (AvgIpc) is 3.72. The quantitative estimate of drug-likeness (QED) is 0.341. The Morgan fingerprint density at radius 3 is 2.45 bits per heavy atom. The zero-order valence-electron chi connectivity index (χ0n) is 22.7. The number of morpholine rings is 1. The van der Waals surface area contributed by atoms with Crippen molar-refractivity contribution in [3.63, 3.8) is 0 Å². The molecule has 7 rings (SSSR count). The van der Waals surface area contributed by atoms with Crippen molar-refractivity contribution in [1.82, 2.24) is 38.0 Å². The van der Waals surface area contributed by atoms with Gasteiger partial charge in [0.25, 0.3) is 0 Å². The van der Waals surface area contributed by atoms with Gasteiger partial charge in [-0.1, -0.05) is 0 Å². The minimum Gasteiger partial charge on any atom is -0.378 e. The van der Waals surface area contributed by atoms with Crippen LogP contribution < -0.4 is 10.6 Å². The Morgan fingerprint density at radius 2 is 1.75 bits per heavy atom. The van der Waals surface area contributed by atoms with E-state index in [4.69, 9.17) is 9.72 Å². The van der Waals surface area contributed by atoms with Gasteiger partial charge >= 0.3 is 5.69 Å². The first-order valence-electron chi connectivity index (χ1n) is 13.0. The highest BCUT2D eigenvalue weighted by atomic mass is 19.1. The van der Waals surface area contributed by atoms with Gasteiger partial charge in [0.1, 0.15) is 11.5 Å². The van der Waals surface area contributed by atoms with Gasteiger partial charge in [-0.3, -0.25) is 18.4 Å². The molecule has 11 nitrogen and oxygen atoms in total. The molecule has 1 saturated heterocycles. The summed E-state index contributed by atoms with van der Waals surface area (Å²) in [4.78, 5) is 24.6. The van der Waals surface area contributed by atoms with Crippen molar-refractivity contribution in [2.45, 2.75) is 0 Å². The molecule has 0 N–H and O–H groups in total. The van der Waals surface area contributed by atoms with Gasteiger partial charge in [-0.05, 0) is 18.2 Å². The Kier molecular flexibility index (Phi) is 5.42. The zero-order valence-corrected chi connectivity index (χ0v) is 22.7. The Hall–Kier alpha value is -4.71. The number of aryl methyl sites for hydroxylation is 4. The van der Waals surface area contributed by atoms with Gasteiger partial charge in [0.05, 0.1) is 65.4 Å². The Morgan fingerprint density at radius 1 is 0.950 bits per heavy atom. The monoisotopic (exact) mass is 541 g/mol. The fraction of sp³-hybridized carbons (Fsp3) is 0.286. The molecule has 0 atom stereocenters. The molecule has 12 heteroatoms. The first-order valence-corrected chi connectivity index (χ1v) is 13.0. The molecule has 0 aliphatic carbocycles. The minimum atomic E-state index is -0.375. The number of fused-ring (bicyclic) bond motifs is 2. The topological polar surface area (TPSA) is 92.9 Å². The Labute approximate surface area is 228 Å². The van der Waals surface area contributed by atoms with E-state index in [9.17, 15) is 4.79 Å². The van der Waals surface area contributed by atoms with Crippen molar-refractivity contribution in [2.75, 3.05) is 31.2 Å². The molecule has 204 valence electrons. The van der Waals surface area contributed by atoms with Crippen LogP contribution in [0.15, 0.2) is 54.0 Å². The Balaban J connectivity index is 1.55. The van der Waals surface area contributed by atoms with Gasteiger partial charge in [-0.15, -0.1) is 0 Å². The zero-order chi connectivity index (χ0) is 27.7. The van der Waals surface area contributed by atoms with Gasteiger partial charge in [-0.2, -0.15) is 5.10 Å². The molecule has 0 radical (unpaired) electrons. The average molecular weight is 542 g/mol. The molecule has 1 aliphatic rings. The summed E-state index contributed by atoms with van der Waals surface area (Å²) in [7, 11) is 7.26. The van der Waals surface area contributed by atoms with Crippen LogP contribution in [0.4, 0.5) is 10.1 Å². The Bertz CT molecular complexity index is 1980. The van der Waals surface area contributed by atoms with E-state index in [1.54, 1.807) is 65.9 Å². The van der Waals surface area contributed by atoms with E-state index >= 15 is 4.39 Å². The molecule has 0 saturated carbocycles. The van der Waals surface area contributed by atoms with Crippen LogP contribution in [-0.2, 0) is 32.9 Å². The maximum absolute atomic E-state index is 15.7. The molecule has 0 amide bonds. The lowest BCUT2D eigenvalue weighted by atomic mass is 10.1. The van der Waals surface area contributed by atoms with Crippen molar-refractivity contribution in [2.24, 2.45) is 28.2 Å². The number of aromatic nitrogens is 8. The van der Waals surface area contributed by atoms with Crippen molar-refractivity contribution in [3.8, 4) is 28.3 Å². The maximum Gasteiger partial charge on any atom is 0.328 e. The number of hydrogen-bond donors (Lipinski definition) is 0. The number of nitrogens with zero attached hydrogens (tertiary/aromatic N) is 9. The molecule has 0 bridgehead atoms. The molecular formula is C28H28FN9O2. The number of imidazole rings is 3. The van der Waals surface area contributed by atoms with Crippen LogP contribution in [0.5, 0.6) is 0 Å². The van der Waals surface area contributed by atoms with E-state index in [1.165, 1.54) is 6.07 Å². The van der Waals surface area contributed by atoms with Crippen LogP contribution in [0.25, 0.3) is 50.4 Å². The summed E-state index contributed by atoms with van der Waals surface area (Å²) in [5.41, 5.74) is 6.30. The molecule has 0 unspecified atom stereocenters. The van der Waals surface area contributed by atoms with E-state index in [-0.39, 0.29) is 11.5 Å². The molecule has 5 heterocycles. The van der Waals surface area contributed by atoms with E-state index in [0.29, 0.717) is 54.3 Å². The maximum atomic E-state index is 15.7. The molecule has 40 heavy (non-hydrogen) atoms. The van der Waals surface area contributed by atoms with Crippen LogP contribution in [0.1, 0.15) is 0 Å². The standard InChI is InChI=1S/C28H28FN9O2/c1-33-16-30-14-25(33)27-32-21-11-19(17-13-31-34(2)15-17)20(29)12-22(21)38(27)18-9-23-26(36(4)28(39)35(23)3)24(10-18)37-5-7-40-8-6-37/h9-16H,5-8H2,1-4H3. The van der Waals surface area contributed by atoms with Gasteiger partial charge in [0.2, 0.25) is 0 Å². The summed E-state index contributed by atoms with van der Waals surface area (Å²) >= 11 is 0. The molecule has 4 aromatic heterocycles. The number of ether oxygens (including phenoxy) is 1. The third-order valence-corrected chi connectivity index (χ3v) is 7.74. The van der Waals surface area contributed by atoms with Gasteiger partial charge in [-0.25, -0.2) is 19.2 Å². The lowest BCUT2D eigenvalue weighted by Gasteiger charge is -2.30. The summed E-state index contributed by atoms with van der Waals surface area (Å²) in [6, 6.07) is 7.31.